The van der Waals surface area contributed by atoms with E-state index in [2.05, 4.69) is 5.32 Å². The predicted octanol–water partition coefficient (Wildman–Crippen LogP) is 3.73. The molecule has 2 aromatic rings. The number of esters is 2. The summed E-state index contributed by atoms with van der Waals surface area (Å²) < 4.78 is 9.83. The van der Waals surface area contributed by atoms with Crippen LogP contribution in [0, 0.1) is 0 Å². The van der Waals surface area contributed by atoms with Crippen molar-refractivity contribution in [2.24, 2.45) is 0 Å². The summed E-state index contributed by atoms with van der Waals surface area (Å²) in [5, 5.41) is 3.01. The number of hydrogen-bond acceptors (Lipinski definition) is 6. The molecule has 0 amide bonds. The van der Waals surface area contributed by atoms with Gasteiger partial charge in [-0.05, 0) is 38.1 Å². The van der Waals surface area contributed by atoms with Crippen LogP contribution in [0.15, 0.2) is 66.4 Å². The molecule has 2 rings (SSSR count). The highest BCUT2D eigenvalue weighted by Gasteiger charge is 2.12. The van der Waals surface area contributed by atoms with Crippen molar-refractivity contribution in [2.75, 3.05) is 18.5 Å². The molecule has 146 valence electrons. The van der Waals surface area contributed by atoms with Crippen molar-refractivity contribution >= 4 is 23.4 Å². The van der Waals surface area contributed by atoms with E-state index in [1.165, 1.54) is 6.08 Å². The molecule has 6 heteroatoms. The van der Waals surface area contributed by atoms with Crippen molar-refractivity contribution in [3.63, 3.8) is 0 Å². The van der Waals surface area contributed by atoms with Gasteiger partial charge in [0.2, 0.25) is 0 Å². The molecule has 0 aromatic heterocycles. The molecule has 0 saturated carbocycles. The molecule has 0 aliphatic rings. The molecule has 0 heterocycles. The van der Waals surface area contributed by atoms with Gasteiger partial charge in [0, 0.05) is 28.6 Å². The zero-order valence-electron chi connectivity index (χ0n) is 15.9. The Balaban J connectivity index is 2.14. The van der Waals surface area contributed by atoms with Crippen molar-refractivity contribution in [2.45, 2.75) is 20.3 Å². The normalized spacial score (nSPS) is 10.9. The Kier molecular flexibility index (Phi) is 7.96. The summed E-state index contributed by atoms with van der Waals surface area (Å²) in [5.74, 6) is -1.09. The Hall–Kier alpha value is -3.41. The van der Waals surface area contributed by atoms with Crippen LogP contribution in [0.25, 0.3) is 0 Å². The second-order valence-electron chi connectivity index (χ2n) is 5.80. The molecule has 0 atom stereocenters. The van der Waals surface area contributed by atoms with Crippen molar-refractivity contribution in [1.82, 2.24) is 0 Å². The molecular weight excluding hydrogens is 358 g/mol. The number of rotatable bonds is 9. The molecule has 0 aliphatic heterocycles. The Labute approximate surface area is 164 Å². The first-order valence-electron chi connectivity index (χ1n) is 9.03. The largest absolute Gasteiger partial charge is 0.466 e. The molecule has 2 aromatic carbocycles. The summed E-state index contributed by atoms with van der Waals surface area (Å²) in [5.41, 5.74) is 2.12. The number of benzene rings is 2. The van der Waals surface area contributed by atoms with E-state index in [0.29, 0.717) is 22.5 Å². The van der Waals surface area contributed by atoms with Gasteiger partial charge >= 0.3 is 11.9 Å². The predicted molar refractivity (Wildman–Crippen MR) is 106 cm³/mol. The van der Waals surface area contributed by atoms with Gasteiger partial charge in [-0.15, -0.1) is 0 Å². The number of ketones is 1. The molecule has 0 unspecified atom stereocenters. The summed E-state index contributed by atoms with van der Waals surface area (Å²) in [4.78, 5) is 36.0. The standard InChI is InChI=1S/C22H23NO5/c1-3-27-20(24)14-19(15-21(25)28-4-2)23-18-12-10-17(11-13-18)22(26)16-8-6-5-7-9-16/h5-14,23H,3-4,15H2,1-2H3/b19-14+. The highest BCUT2D eigenvalue weighted by Crippen LogP contribution is 2.17. The minimum absolute atomic E-state index is 0.0824. The highest BCUT2D eigenvalue weighted by atomic mass is 16.5. The smallest absolute Gasteiger partial charge is 0.332 e. The molecule has 0 saturated heterocycles. The van der Waals surface area contributed by atoms with E-state index in [9.17, 15) is 14.4 Å². The van der Waals surface area contributed by atoms with E-state index >= 15 is 0 Å². The Morgan fingerprint density at radius 2 is 1.46 bits per heavy atom. The maximum atomic E-state index is 12.5. The number of anilines is 1. The van der Waals surface area contributed by atoms with Gasteiger partial charge < -0.3 is 14.8 Å². The third kappa shape index (κ3) is 6.39. The summed E-state index contributed by atoms with van der Waals surface area (Å²) in [6.45, 7) is 3.90. The number of nitrogens with one attached hydrogen (secondary N) is 1. The van der Waals surface area contributed by atoms with Gasteiger partial charge in [0.15, 0.2) is 5.78 Å². The lowest BCUT2D eigenvalue weighted by molar-refractivity contribution is -0.142. The lowest BCUT2D eigenvalue weighted by Gasteiger charge is -2.11. The first-order valence-corrected chi connectivity index (χ1v) is 9.03. The maximum Gasteiger partial charge on any atom is 0.332 e. The minimum Gasteiger partial charge on any atom is -0.466 e. The molecule has 0 fully saturated rings. The van der Waals surface area contributed by atoms with E-state index in [-0.39, 0.29) is 25.4 Å². The van der Waals surface area contributed by atoms with Gasteiger partial charge in [0.1, 0.15) is 0 Å². The SMILES string of the molecule is CCOC(=O)/C=C(\CC(=O)OCC)Nc1ccc(C(=O)c2ccccc2)cc1. The lowest BCUT2D eigenvalue weighted by atomic mass is 10.0. The second kappa shape index (κ2) is 10.7. The zero-order chi connectivity index (χ0) is 20.4. The Bertz CT molecular complexity index is 841. The van der Waals surface area contributed by atoms with Crippen LogP contribution in [0.5, 0.6) is 0 Å². The Morgan fingerprint density at radius 3 is 2.07 bits per heavy atom. The van der Waals surface area contributed by atoms with E-state index < -0.39 is 11.9 Å². The lowest BCUT2D eigenvalue weighted by Crippen LogP contribution is -2.12. The van der Waals surface area contributed by atoms with Gasteiger partial charge in [-0.3, -0.25) is 9.59 Å². The van der Waals surface area contributed by atoms with Crippen molar-refractivity contribution in [3.05, 3.63) is 77.5 Å². The van der Waals surface area contributed by atoms with E-state index in [1.807, 2.05) is 18.2 Å². The van der Waals surface area contributed by atoms with E-state index in [0.717, 1.165) is 0 Å². The molecule has 1 N–H and O–H groups in total. The third-order valence-corrected chi connectivity index (χ3v) is 3.71. The van der Waals surface area contributed by atoms with Crippen molar-refractivity contribution < 1.29 is 23.9 Å². The molecule has 0 bridgehead atoms. The summed E-state index contributed by atoms with van der Waals surface area (Å²) >= 11 is 0. The fraction of sp³-hybridized carbons (Fsp3) is 0.227. The number of carbonyl (C=O) groups is 3. The van der Waals surface area contributed by atoms with Gasteiger partial charge in [-0.1, -0.05) is 30.3 Å². The molecule has 0 aliphatic carbocycles. The number of carbonyl (C=O) groups excluding carboxylic acids is 3. The van der Waals surface area contributed by atoms with E-state index in [1.54, 1.807) is 50.2 Å². The third-order valence-electron chi connectivity index (χ3n) is 3.71. The maximum absolute atomic E-state index is 12.5. The molecule has 0 spiro atoms. The monoisotopic (exact) mass is 381 g/mol. The van der Waals surface area contributed by atoms with Gasteiger partial charge in [-0.25, -0.2) is 4.79 Å². The van der Waals surface area contributed by atoms with Crippen LogP contribution in [-0.4, -0.2) is 30.9 Å². The molecule has 6 nitrogen and oxygen atoms in total. The number of hydrogen-bond donors (Lipinski definition) is 1. The minimum atomic E-state index is -0.551. The average molecular weight is 381 g/mol. The van der Waals surface area contributed by atoms with Crippen molar-refractivity contribution in [1.29, 1.82) is 0 Å². The topological polar surface area (TPSA) is 81.7 Å². The van der Waals surface area contributed by atoms with Gasteiger partial charge in [0.25, 0.3) is 0 Å². The van der Waals surface area contributed by atoms with Crippen LogP contribution in [0.1, 0.15) is 36.2 Å². The van der Waals surface area contributed by atoms with Crippen molar-refractivity contribution in [3.8, 4) is 0 Å². The first-order chi connectivity index (χ1) is 13.5. The fourth-order valence-electron chi connectivity index (χ4n) is 2.47. The number of ether oxygens (including phenoxy) is 2. The van der Waals surface area contributed by atoms with Crippen LogP contribution < -0.4 is 5.32 Å². The van der Waals surface area contributed by atoms with Crippen LogP contribution in [0.4, 0.5) is 5.69 Å². The first kappa shape index (κ1) is 20.9. The van der Waals surface area contributed by atoms with Crippen LogP contribution in [0.3, 0.4) is 0 Å². The summed E-state index contributed by atoms with van der Waals surface area (Å²) in [7, 11) is 0. The van der Waals surface area contributed by atoms with Gasteiger partial charge in [0.05, 0.1) is 19.6 Å². The quantitative estimate of drug-likeness (QED) is 0.405. The summed E-state index contributed by atoms with van der Waals surface area (Å²) in [6.07, 6.45) is 1.13. The summed E-state index contributed by atoms with van der Waals surface area (Å²) in [6, 6.07) is 15.8. The van der Waals surface area contributed by atoms with Gasteiger partial charge in [-0.2, -0.15) is 0 Å². The zero-order valence-corrected chi connectivity index (χ0v) is 15.9. The molecular formula is C22H23NO5. The fourth-order valence-corrected chi connectivity index (χ4v) is 2.47. The average Bonchev–Trinajstić information content (AvgIpc) is 2.69. The highest BCUT2D eigenvalue weighted by molar-refractivity contribution is 6.09. The molecule has 0 radical (unpaired) electrons. The van der Waals surface area contributed by atoms with E-state index in [4.69, 9.17) is 9.47 Å². The van der Waals surface area contributed by atoms with Crippen LogP contribution >= 0.6 is 0 Å². The molecule has 28 heavy (non-hydrogen) atoms. The second-order valence-corrected chi connectivity index (χ2v) is 5.80. The Morgan fingerprint density at radius 1 is 0.857 bits per heavy atom. The van der Waals surface area contributed by atoms with Crippen LogP contribution in [-0.2, 0) is 19.1 Å². The van der Waals surface area contributed by atoms with Crippen LogP contribution in [0.2, 0.25) is 0 Å².